The quantitative estimate of drug-likeness (QED) is 0.667. The highest BCUT2D eigenvalue weighted by Crippen LogP contribution is 2.29. The lowest BCUT2D eigenvalue weighted by Crippen LogP contribution is -2.46. The van der Waals surface area contributed by atoms with Crippen molar-refractivity contribution in [1.29, 1.82) is 0 Å². The lowest BCUT2D eigenvalue weighted by Gasteiger charge is -2.36. The van der Waals surface area contributed by atoms with Gasteiger partial charge in [0, 0.05) is 24.4 Å². The lowest BCUT2D eigenvalue weighted by atomic mass is 10.1. The maximum Gasteiger partial charge on any atom is 0.151 e. The Balaban J connectivity index is 2.85. The first-order valence-electron chi connectivity index (χ1n) is 5.09. The van der Waals surface area contributed by atoms with Crippen molar-refractivity contribution in [2.24, 2.45) is 0 Å². The Labute approximate surface area is 87.4 Å². The number of hydrogen-bond acceptors (Lipinski definition) is 3. The molecule has 0 aromatic carbocycles. The van der Waals surface area contributed by atoms with Crippen molar-refractivity contribution in [2.45, 2.75) is 50.9 Å². The van der Waals surface area contributed by atoms with Gasteiger partial charge in [-0.25, -0.2) is 8.42 Å². The fourth-order valence-corrected chi connectivity index (χ4v) is 3.83. The summed E-state index contributed by atoms with van der Waals surface area (Å²) >= 11 is 0. The third-order valence-electron chi connectivity index (χ3n) is 3.10. The lowest BCUT2D eigenvalue weighted by molar-refractivity contribution is 0.131. The molecule has 1 heterocycles. The zero-order chi connectivity index (χ0) is 11.1. The van der Waals surface area contributed by atoms with E-state index in [0.29, 0.717) is 0 Å². The molecule has 0 aliphatic carbocycles. The van der Waals surface area contributed by atoms with E-state index in [1.807, 2.05) is 6.92 Å². The van der Waals surface area contributed by atoms with Gasteiger partial charge in [-0.3, -0.25) is 4.90 Å². The smallest absolute Gasteiger partial charge is 0.151 e. The Bertz CT molecular complexity index is 303. The Kier molecular flexibility index (Phi) is 2.99. The SMILES string of the molecule is CC1C(S(C)(=O)=O)CCN1C(C)(C)C. The molecule has 0 radical (unpaired) electrons. The van der Waals surface area contributed by atoms with Crippen LogP contribution in [0.2, 0.25) is 0 Å². The van der Waals surface area contributed by atoms with Crippen LogP contribution in [0.15, 0.2) is 0 Å². The summed E-state index contributed by atoms with van der Waals surface area (Å²) in [6, 6.07) is 0.144. The van der Waals surface area contributed by atoms with Gasteiger partial charge in [-0.1, -0.05) is 0 Å². The van der Waals surface area contributed by atoms with Gasteiger partial charge in [0.15, 0.2) is 9.84 Å². The molecule has 3 nitrogen and oxygen atoms in total. The minimum atomic E-state index is -2.89. The zero-order valence-electron chi connectivity index (χ0n) is 9.74. The van der Waals surface area contributed by atoms with Crippen molar-refractivity contribution in [2.75, 3.05) is 12.8 Å². The molecule has 0 N–H and O–H groups in total. The van der Waals surface area contributed by atoms with Crippen LogP contribution in [-0.2, 0) is 9.84 Å². The first-order chi connectivity index (χ1) is 6.14. The fraction of sp³-hybridized carbons (Fsp3) is 1.00. The Hall–Kier alpha value is -0.0900. The van der Waals surface area contributed by atoms with E-state index in [0.717, 1.165) is 13.0 Å². The summed E-state index contributed by atoms with van der Waals surface area (Å²) in [5.74, 6) is 0. The summed E-state index contributed by atoms with van der Waals surface area (Å²) < 4.78 is 23.0. The third-order valence-corrected chi connectivity index (χ3v) is 4.83. The summed E-state index contributed by atoms with van der Waals surface area (Å²) in [5.41, 5.74) is 0.0683. The van der Waals surface area contributed by atoms with Gasteiger partial charge in [-0.05, 0) is 34.1 Å². The standard InChI is InChI=1S/C10H21NO2S/c1-8-9(14(5,12)13)6-7-11(8)10(2,3)4/h8-9H,6-7H2,1-5H3. The van der Waals surface area contributed by atoms with Gasteiger partial charge in [0.2, 0.25) is 0 Å². The van der Waals surface area contributed by atoms with Crippen LogP contribution in [0.1, 0.15) is 34.1 Å². The zero-order valence-corrected chi connectivity index (χ0v) is 10.6. The maximum atomic E-state index is 11.5. The molecule has 1 saturated heterocycles. The molecule has 2 unspecified atom stereocenters. The van der Waals surface area contributed by atoms with E-state index in [4.69, 9.17) is 0 Å². The second kappa shape index (κ2) is 3.49. The number of hydrogen-bond donors (Lipinski definition) is 0. The Morgan fingerprint density at radius 1 is 1.29 bits per heavy atom. The van der Waals surface area contributed by atoms with Gasteiger partial charge in [0.1, 0.15) is 0 Å². The monoisotopic (exact) mass is 219 g/mol. The highest BCUT2D eigenvalue weighted by Gasteiger charge is 2.41. The average molecular weight is 219 g/mol. The van der Waals surface area contributed by atoms with Crippen molar-refractivity contribution in [3.63, 3.8) is 0 Å². The molecule has 2 atom stereocenters. The molecule has 4 heteroatoms. The van der Waals surface area contributed by atoms with Crippen LogP contribution in [0.4, 0.5) is 0 Å². The normalized spacial score (nSPS) is 30.9. The van der Waals surface area contributed by atoms with Crippen LogP contribution in [0.25, 0.3) is 0 Å². The number of likely N-dealkylation sites (tertiary alicyclic amines) is 1. The molecular formula is C10H21NO2S. The van der Waals surface area contributed by atoms with Crippen molar-refractivity contribution in [1.82, 2.24) is 4.90 Å². The second-order valence-electron chi connectivity index (χ2n) is 5.26. The average Bonchev–Trinajstić information content (AvgIpc) is 2.26. The van der Waals surface area contributed by atoms with Crippen molar-refractivity contribution in [3.8, 4) is 0 Å². The largest absolute Gasteiger partial charge is 0.294 e. The predicted molar refractivity (Wildman–Crippen MR) is 59.2 cm³/mol. The molecule has 1 aliphatic rings. The van der Waals surface area contributed by atoms with Gasteiger partial charge in [-0.15, -0.1) is 0 Å². The van der Waals surface area contributed by atoms with E-state index in [2.05, 4.69) is 25.7 Å². The Morgan fingerprint density at radius 3 is 2.00 bits per heavy atom. The molecule has 1 aliphatic heterocycles. The van der Waals surface area contributed by atoms with Gasteiger partial charge in [0.25, 0.3) is 0 Å². The van der Waals surface area contributed by atoms with Gasteiger partial charge in [0.05, 0.1) is 5.25 Å². The highest BCUT2D eigenvalue weighted by molar-refractivity contribution is 7.91. The molecule has 0 bridgehead atoms. The van der Waals surface area contributed by atoms with E-state index < -0.39 is 9.84 Å². The second-order valence-corrected chi connectivity index (χ2v) is 7.53. The van der Waals surface area contributed by atoms with Crippen molar-refractivity contribution in [3.05, 3.63) is 0 Å². The molecule has 0 aromatic rings. The molecule has 84 valence electrons. The van der Waals surface area contributed by atoms with E-state index >= 15 is 0 Å². The van der Waals surface area contributed by atoms with Crippen LogP contribution in [0, 0.1) is 0 Å². The van der Waals surface area contributed by atoms with Crippen molar-refractivity contribution < 1.29 is 8.42 Å². The Morgan fingerprint density at radius 2 is 1.79 bits per heavy atom. The summed E-state index contributed by atoms with van der Waals surface area (Å²) in [6.45, 7) is 9.31. The number of rotatable bonds is 1. The molecular weight excluding hydrogens is 198 g/mol. The molecule has 0 saturated carbocycles. The van der Waals surface area contributed by atoms with Gasteiger partial charge in [-0.2, -0.15) is 0 Å². The van der Waals surface area contributed by atoms with Crippen LogP contribution in [-0.4, -0.2) is 42.9 Å². The summed E-state index contributed by atoms with van der Waals surface area (Å²) in [6.07, 6.45) is 2.12. The summed E-state index contributed by atoms with van der Waals surface area (Å²) in [5, 5.41) is -0.179. The molecule has 1 fully saturated rings. The maximum absolute atomic E-state index is 11.5. The topological polar surface area (TPSA) is 37.4 Å². The van der Waals surface area contributed by atoms with E-state index in [1.165, 1.54) is 6.26 Å². The first-order valence-corrected chi connectivity index (χ1v) is 7.05. The van der Waals surface area contributed by atoms with Crippen molar-refractivity contribution >= 4 is 9.84 Å². The van der Waals surface area contributed by atoms with Gasteiger partial charge < -0.3 is 0 Å². The molecule has 0 amide bonds. The predicted octanol–water partition coefficient (Wildman–Crippen LogP) is 1.29. The molecule has 1 rings (SSSR count). The molecule has 0 aromatic heterocycles. The molecule has 0 spiro atoms. The van der Waals surface area contributed by atoms with E-state index in [1.54, 1.807) is 0 Å². The molecule has 14 heavy (non-hydrogen) atoms. The summed E-state index contributed by atoms with van der Waals surface area (Å²) in [7, 11) is -2.89. The van der Waals surface area contributed by atoms with Gasteiger partial charge >= 0.3 is 0 Å². The van der Waals surface area contributed by atoms with E-state index in [-0.39, 0.29) is 16.8 Å². The van der Waals surface area contributed by atoms with Crippen LogP contribution in [0.3, 0.4) is 0 Å². The van der Waals surface area contributed by atoms with Crippen LogP contribution < -0.4 is 0 Å². The first kappa shape index (κ1) is 12.0. The van der Waals surface area contributed by atoms with Crippen LogP contribution >= 0.6 is 0 Å². The minimum Gasteiger partial charge on any atom is -0.294 e. The number of sulfone groups is 1. The van der Waals surface area contributed by atoms with E-state index in [9.17, 15) is 8.42 Å². The van der Waals surface area contributed by atoms with Crippen LogP contribution in [0.5, 0.6) is 0 Å². The highest BCUT2D eigenvalue weighted by atomic mass is 32.2. The minimum absolute atomic E-state index is 0.0683. The number of nitrogens with zero attached hydrogens (tertiary/aromatic N) is 1. The summed E-state index contributed by atoms with van der Waals surface area (Å²) in [4.78, 5) is 2.28. The third kappa shape index (κ3) is 2.28. The fourth-order valence-electron chi connectivity index (χ4n) is 2.43.